The number of carbonyl (C=O) groups excluding carboxylic acids is 1. The van der Waals surface area contributed by atoms with Crippen molar-refractivity contribution in [1.82, 2.24) is 20.7 Å². The van der Waals surface area contributed by atoms with Gasteiger partial charge in [0.25, 0.3) is 5.91 Å². The molecule has 1 saturated heterocycles. The van der Waals surface area contributed by atoms with Crippen LogP contribution in [0.5, 0.6) is 0 Å². The molecule has 0 aromatic heterocycles. The Hall–Kier alpha value is -2.12. The number of allylic oxidation sites excluding steroid dienone is 2. The van der Waals surface area contributed by atoms with Crippen molar-refractivity contribution in [3.05, 3.63) is 35.6 Å². The Kier molecular flexibility index (Phi) is 4.82. The molecular formula is C19H26N4O3. The summed E-state index contributed by atoms with van der Waals surface area (Å²) >= 11 is 0. The molecule has 140 valence electrons. The molecule has 2 heterocycles. The fourth-order valence-electron chi connectivity index (χ4n) is 4.56. The quantitative estimate of drug-likeness (QED) is 0.686. The van der Waals surface area contributed by atoms with Crippen molar-refractivity contribution >= 4 is 11.9 Å². The van der Waals surface area contributed by atoms with Gasteiger partial charge in [-0.15, -0.1) is 0 Å². The monoisotopic (exact) mass is 358 g/mol. The summed E-state index contributed by atoms with van der Waals surface area (Å²) in [4.78, 5) is 28.6. The molecule has 2 fully saturated rings. The minimum atomic E-state index is -0.676. The molecule has 0 aromatic rings. The number of nitrogens with zero attached hydrogens (tertiary/aromatic N) is 2. The van der Waals surface area contributed by atoms with Crippen molar-refractivity contribution in [2.45, 2.75) is 37.8 Å². The van der Waals surface area contributed by atoms with Crippen molar-refractivity contribution in [1.29, 1.82) is 0 Å². The Balaban J connectivity index is 1.39. The van der Waals surface area contributed by atoms with E-state index in [0.29, 0.717) is 18.8 Å². The van der Waals surface area contributed by atoms with E-state index in [1.54, 1.807) is 0 Å². The summed E-state index contributed by atoms with van der Waals surface area (Å²) in [5.41, 5.74) is 7.77. The summed E-state index contributed by atoms with van der Waals surface area (Å²) in [6.07, 6.45) is 11.7. The van der Waals surface area contributed by atoms with Gasteiger partial charge >= 0.3 is 5.97 Å². The van der Waals surface area contributed by atoms with E-state index < -0.39 is 5.97 Å². The van der Waals surface area contributed by atoms with Crippen LogP contribution in [-0.4, -0.2) is 65.0 Å². The van der Waals surface area contributed by atoms with Crippen molar-refractivity contribution in [3.8, 4) is 0 Å². The molecule has 3 atom stereocenters. The number of rotatable bonds is 3. The number of fused-ring (bicyclic) bond motifs is 1. The first-order chi connectivity index (χ1) is 12.6. The average Bonchev–Trinajstić information content (AvgIpc) is 3.11. The van der Waals surface area contributed by atoms with E-state index in [1.165, 1.54) is 0 Å². The van der Waals surface area contributed by atoms with Gasteiger partial charge in [-0.05, 0) is 12.8 Å². The summed E-state index contributed by atoms with van der Waals surface area (Å²) in [6, 6.07) is 0.168. The number of nitrogens with one attached hydrogen (secondary N) is 2. The lowest BCUT2D eigenvalue weighted by Crippen LogP contribution is -2.56. The highest BCUT2D eigenvalue weighted by atomic mass is 16.4. The maximum absolute atomic E-state index is 12.9. The molecule has 26 heavy (non-hydrogen) atoms. The van der Waals surface area contributed by atoms with Gasteiger partial charge in [0.05, 0.1) is 12.0 Å². The van der Waals surface area contributed by atoms with Gasteiger partial charge in [-0.3, -0.25) is 14.5 Å². The Morgan fingerprint density at radius 3 is 2.62 bits per heavy atom. The lowest BCUT2D eigenvalue weighted by Gasteiger charge is -2.43. The molecule has 0 aromatic carbocycles. The summed E-state index contributed by atoms with van der Waals surface area (Å²) < 4.78 is 0. The molecule has 0 spiro atoms. The van der Waals surface area contributed by atoms with Gasteiger partial charge in [0, 0.05) is 37.8 Å². The van der Waals surface area contributed by atoms with Gasteiger partial charge in [-0.1, -0.05) is 37.1 Å². The van der Waals surface area contributed by atoms with E-state index in [1.807, 2.05) is 29.2 Å². The van der Waals surface area contributed by atoms with E-state index in [0.717, 1.165) is 44.3 Å². The number of aliphatic carboxylic acids is 1. The second-order valence-corrected chi connectivity index (χ2v) is 7.45. The van der Waals surface area contributed by atoms with Gasteiger partial charge in [0.15, 0.2) is 0 Å². The fourth-order valence-corrected chi connectivity index (χ4v) is 4.56. The third-order valence-corrected chi connectivity index (χ3v) is 6.00. The Morgan fingerprint density at radius 2 is 1.85 bits per heavy atom. The molecule has 1 amide bonds. The Bertz CT molecular complexity index is 676. The highest BCUT2D eigenvalue weighted by molar-refractivity contribution is 5.95. The van der Waals surface area contributed by atoms with Gasteiger partial charge in [0.2, 0.25) is 0 Å². The highest BCUT2D eigenvalue weighted by Gasteiger charge is 2.37. The predicted octanol–water partition coefficient (Wildman–Crippen LogP) is 0.631. The van der Waals surface area contributed by atoms with Crippen LogP contribution in [0.3, 0.4) is 0 Å². The topological polar surface area (TPSA) is 84.9 Å². The molecule has 0 radical (unpaired) electrons. The molecule has 7 heteroatoms. The van der Waals surface area contributed by atoms with Crippen LogP contribution in [0.25, 0.3) is 0 Å². The second-order valence-electron chi connectivity index (χ2n) is 7.45. The third-order valence-electron chi connectivity index (χ3n) is 6.00. The van der Waals surface area contributed by atoms with E-state index in [9.17, 15) is 14.7 Å². The number of amides is 1. The van der Waals surface area contributed by atoms with Crippen LogP contribution >= 0.6 is 0 Å². The molecule has 1 unspecified atom stereocenters. The van der Waals surface area contributed by atoms with E-state index in [-0.39, 0.29) is 23.9 Å². The SMILES string of the molecule is O=C(O)[C@H]1CCCC[C@@H]1N1CCN(C(=O)C2=C3C=CC=CC3NN2)CC1. The number of hydrogen-bond donors (Lipinski definition) is 3. The second kappa shape index (κ2) is 7.25. The van der Waals surface area contributed by atoms with Gasteiger partial charge < -0.3 is 15.4 Å². The van der Waals surface area contributed by atoms with Crippen molar-refractivity contribution in [2.75, 3.05) is 26.2 Å². The molecule has 4 aliphatic rings. The molecular weight excluding hydrogens is 332 g/mol. The van der Waals surface area contributed by atoms with Crippen molar-refractivity contribution in [2.24, 2.45) is 5.92 Å². The van der Waals surface area contributed by atoms with E-state index in [2.05, 4.69) is 15.8 Å². The minimum Gasteiger partial charge on any atom is -0.481 e. The molecule has 7 nitrogen and oxygen atoms in total. The zero-order chi connectivity index (χ0) is 18.1. The van der Waals surface area contributed by atoms with Gasteiger partial charge in [-0.2, -0.15) is 0 Å². The fraction of sp³-hybridized carbons (Fsp3) is 0.579. The standard InChI is InChI=1S/C19H26N4O3/c24-18(17-13-5-1-3-7-15(13)20-21-17)23-11-9-22(10-12-23)16-8-4-2-6-14(16)19(25)26/h1,3,5,7,14-16,20-21H,2,4,6,8-12H2,(H,25,26)/t14-,15?,16-/m0/s1. The molecule has 4 rings (SSSR count). The molecule has 2 aliphatic heterocycles. The Labute approximate surface area is 153 Å². The molecule has 2 aliphatic carbocycles. The molecule has 3 N–H and O–H groups in total. The van der Waals surface area contributed by atoms with Crippen LogP contribution in [0.1, 0.15) is 25.7 Å². The number of hydrogen-bond acceptors (Lipinski definition) is 5. The first-order valence-electron chi connectivity index (χ1n) is 9.52. The normalized spacial score (nSPS) is 31.7. The van der Waals surface area contributed by atoms with Crippen LogP contribution < -0.4 is 10.9 Å². The predicted molar refractivity (Wildman–Crippen MR) is 96.9 cm³/mol. The van der Waals surface area contributed by atoms with Crippen LogP contribution in [0.15, 0.2) is 35.6 Å². The number of piperazine rings is 1. The summed E-state index contributed by atoms with van der Waals surface area (Å²) in [5.74, 6) is -0.922. The highest BCUT2D eigenvalue weighted by Crippen LogP contribution is 2.30. The van der Waals surface area contributed by atoms with Crippen LogP contribution in [0, 0.1) is 5.92 Å². The summed E-state index contributed by atoms with van der Waals surface area (Å²) in [7, 11) is 0. The number of carboxylic acids is 1. The Morgan fingerprint density at radius 1 is 1.08 bits per heavy atom. The lowest BCUT2D eigenvalue weighted by atomic mass is 9.83. The zero-order valence-electron chi connectivity index (χ0n) is 14.9. The lowest BCUT2D eigenvalue weighted by molar-refractivity contribution is -0.146. The van der Waals surface area contributed by atoms with Gasteiger partial charge in [0.1, 0.15) is 5.70 Å². The van der Waals surface area contributed by atoms with Crippen molar-refractivity contribution in [3.63, 3.8) is 0 Å². The maximum atomic E-state index is 12.9. The number of carboxylic acid groups (broad SMARTS) is 1. The number of hydrazine groups is 1. The summed E-state index contributed by atoms with van der Waals surface area (Å²) in [5, 5.41) is 9.51. The van der Waals surface area contributed by atoms with Crippen LogP contribution in [0.4, 0.5) is 0 Å². The largest absolute Gasteiger partial charge is 0.481 e. The first-order valence-corrected chi connectivity index (χ1v) is 9.52. The third kappa shape index (κ3) is 3.17. The van der Waals surface area contributed by atoms with Crippen LogP contribution in [0.2, 0.25) is 0 Å². The van der Waals surface area contributed by atoms with E-state index >= 15 is 0 Å². The molecule has 1 saturated carbocycles. The first kappa shape index (κ1) is 17.3. The smallest absolute Gasteiger partial charge is 0.308 e. The summed E-state index contributed by atoms with van der Waals surface area (Å²) in [6.45, 7) is 2.78. The minimum absolute atomic E-state index is 0.0213. The zero-order valence-corrected chi connectivity index (χ0v) is 14.9. The maximum Gasteiger partial charge on any atom is 0.308 e. The van der Waals surface area contributed by atoms with Gasteiger partial charge in [-0.25, -0.2) is 5.43 Å². The van der Waals surface area contributed by atoms with Crippen LogP contribution in [-0.2, 0) is 9.59 Å². The average molecular weight is 358 g/mol. The van der Waals surface area contributed by atoms with E-state index in [4.69, 9.17) is 0 Å². The number of carbonyl (C=O) groups is 2. The van der Waals surface area contributed by atoms with Crippen molar-refractivity contribution < 1.29 is 14.7 Å². The molecule has 0 bridgehead atoms.